The van der Waals surface area contributed by atoms with Gasteiger partial charge in [0.05, 0.1) is 0 Å². The number of aryl methyl sites for hydroxylation is 1. The highest BCUT2D eigenvalue weighted by Crippen LogP contribution is 2.23. The standard InChI is InChI=1S/C15H23N3O/c1-12-4-5-15(14(10-12)11-16)18-7-3-6-17(8-9-18)13(2)19/h4-5,10H,3,6-9,11,16H2,1-2H3. The van der Waals surface area contributed by atoms with Gasteiger partial charge in [0, 0.05) is 45.3 Å². The van der Waals surface area contributed by atoms with Crippen LogP contribution in [0, 0.1) is 6.92 Å². The van der Waals surface area contributed by atoms with Crippen LogP contribution >= 0.6 is 0 Å². The fourth-order valence-electron chi connectivity index (χ4n) is 2.66. The number of carbonyl (C=O) groups excluding carboxylic acids is 1. The van der Waals surface area contributed by atoms with Crippen LogP contribution in [0.1, 0.15) is 24.5 Å². The Balaban J connectivity index is 2.16. The first kappa shape index (κ1) is 13.9. The lowest BCUT2D eigenvalue weighted by Crippen LogP contribution is -2.34. The molecule has 1 aliphatic heterocycles. The van der Waals surface area contributed by atoms with Crippen molar-refractivity contribution < 1.29 is 4.79 Å². The number of benzene rings is 1. The molecule has 104 valence electrons. The van der Waals surface area contributed by atoms with Gasteiger partial charge in [-0.2, -0.15) is 0 Å². The lowest BCUT2D eigenvalue weighted by atomic mass is 10.1. The third kappa shape index (κ3) is 3.26. The van der Waals surface area contributed by atoms with E-state index in [9.17, 15) is 4.79 Å². The molecule has 4 heteroatoms. The van der Waals surface area contributed by atoms with Gasteiger partial charge in [-0.05, 0) is 25.0 Å². The number of rotatable bonds is 2. The van der Waals surface area contributed by atoms with Gasteiger partial charge in [0.15, 0.2) is 0 Å². The predicted molar refractivity (Wildman–Crippen MR) is 78.2 cm³/mol. The molecule has 0 spiro atoms. The number of hydrogen-bond acceptors (Lipinski definition) is 3. The fraction of sp³-hybridized carbons (Fsp3) is 0.533. The number of nitrogens with two attached hydrogens (primary N) is 1. The van der Waals surface area contributed by atoms with Gasteiger partial charge in [-0.15, -0.1) is 0 Å². The van der Waals surface area contributed by atoms with Gasteiger partial charge in [-0.1, -0.05) is 17.7 Å². The molecular formula is C15H23N3O. The summed E-state index contributed by atoms with van der Waals surface area (Å²) in [7, 11) is 0. The average Bonchev–Trinajstić information content (AvgIpc) is 2.64. The average molecular weight is 261 g/mol. The molecule has 0 radical (unpaired) electrons. The van der Waals surface area contributed by atoms with Crippen molar-refractivity contribution in [1.29, 1.82) is 0 Å². The molecule has 0 unspecified atom stereocenters. The maximum absolute atomic E-state index is 11.4. The highest BCUT2D eigenvalue weighted by molar-refractivity contribution is 5.73. The third-order valence-electron chi connectivity index (χ3n) is 3.74. The molecule has 1 saturated heterocycles. The van der Waals surface area contributed by atoms with Crippen LogP contribution in [0.15, 0.2) is 18.2 Å². The molecule has 1 aromatic rings. The Kier molecular flexibility index (Phi) is 4.43. The van der Waals surface area contributed by atoms with Crippen molar-refractivity contribution in [2.24, 2.45) is 5.73 Å². The third-order valence-corrected chi connectivity index (χ3v) is 3.74. The Morgan fingerprint density at radius 2 is 2.05 bits per heavy atom. The number of amides is 1. The Morgan fingerprint density at radius 3 is 2.74 bits per heavy atom. The molecule has 0 bridgehead atoms. The highest BCUT2D eigenvalue weighted by atomic mass is 16.2. The second-order valence-corrected chi connectivity index (χ2v) is 5.18. The Morgan fingerprint density at radius 1 is 1.26 bits per heavy atom. The molecule has 0 aromatic heterocycles. The zero-order chi connectivity index (χ0) is 13.8. The summed E-state index contributed by atoms with van der Waals surface area (Å²) >= 11 is 0. The van der Waals surface area contributed by atoms with Gasteiger partial charge in [0.1, 0.15) is 0 Å². The van der Waals surface area contributed by atoms with Crippen LogP contribution in [-0.2, 0) is 11.3 Å². The summed E-state index contributed by atoms with van der Waals surface area (Å²) in [6.07, 6.45) is 1.01. The molecule has 1 aromatic carbocycles. The zero-order valence-corrected chi connectivity index (χ0v) is 11.9. The Hall–Kier alpha value is -1.55. The highest BCUT2D eigenvalue weighted by Gasteiger charge is 2.18. The molecule has 1 heterocycles. The summed E-state index contributed by atoms with van der Waals surface area (Å²) in [5, 5.41) is 0. The molecule has 0 saturated carbocycles. The van der Waals surface area contributed by atoms with Crippen LogP contribution in [0.2, 0.25) is 0 Å². The van der Waals surface area contributed by atoms with E-state index in [0.29, 0.717) is 6.54 Å². The molecule has 0 aliphatic carbocycles. The van der Waals surface area contributed by atoms with Gasteiger partial charge in [-0.3, -0.25) is 4.79 Å². The van der Waals surface area contributed by atoms with E-state index in [1.165, 1.54) is 16.8 Å². The van der Waals surface area contributed by atoms with E-state index in [1.54, 1.807) is 6.92 Å². The van der Waals surface area contributed by atoms with Crippen LogP contribution in [0.3, 0.4) is 0 Å². The van der Waals surface area contributed by atoms with Crippen molar-refractivity contribution in [3.05, 3.63) is 29.3 Å². The zero-order valence-electron chi connectivity index (χ0n) is 11.9. The summed E-state index contributed by atoms with van der Waals surface area (Å²) in [5.74, 6) is 0.171. The van der Waals surface area contributed by atoms with Crippen molar-refractivity contribution in [3.8, 4) is 0 Å². The molecule has 1 fully saturated rings. The van der Waals surface area contributed by atoms with Gasteiger partial charge in [-0.25, -0.2) is 0 Å². The van der Waals surface area contributed by atoms with Crippen molar-refractivity contribution in [2.45, 2.75) is 26.8 Å². The number of anilines is 1. The number of hydrogen-bond donors (Lipinski definition) is 1. The van der Waals surface area contributed by atoms with E-state index >= 15 is 0 Å². The van der Waals surface area contributed by atoms with Crippen molar-refractivity contribution in [3.63, 3.8) is 0 Å². The summed E-state index contributed by atoms with van der Waals surface area (Å²) in [6.45, 7) is 7.82. The van der Waals surface area contributed by atoms with Crippen molar-refractivity contribution in [1.82, 2.24) is 4.90 Å². The van der Waals surface area contributed by atoms with E-state index in [2.05, 4.69) is 30.0 Å². The lowest BCUT2D eigenvalue weighted by molar-refractivity contribution is -0.128. The minimum Gasteiger partial charge on any atom is -0.369 e. The first-order valence-electron chi connectivity index (χ1n) is 6.92. The largest absolute Gasteiger partial charge is 0.369 e. The molecule has 1 aliphatic rings. The van der Waals surface area contributed by atoms with E-state index in [-0.39, 0.29) is 5.91 Å². The molecule has 1 amide bonds. The first-order chi connectivity index (χ1) is 9.11. The quantitative estimate of drug-likeness (QED) is 0.878. The Bertz CT molecular complexity index is 459. The monoisotopic (exact) mass is 261 g/mol. The second-order valence-electron chi connectivity index (χ2n) is 5.18. The SMILES string of the molecule is CC(=O)N1CCCN(c2ccc(C)cc2CN)CC1. The topological polar surface area (TPSA) is 49.6 Å². The summed E-state index contributed by atoms with van der Waals surface area (Å²) < 4.78 is 0. The summed E-state index contributed by atoms with van der Waals surface area (Å²) in [4.78, 5) is 15.7. The summed E-state index contributed by atoms with van der Waals surface area (Å²) in [6, 6.07) is 6.44. The van der Waals surface area contributed by atoms with E-state index in [4.69, 9.17) is 5.73 Å². The molecule has 4 nitrogen and oxygen atoms in total. The summed E-state index contributed by atoms with van der Waals surface area (Å²) in [5.41, 5.74) is 9.50. The Labute approximate surface area is 115 Å². The first-order valence-corrected chi connectivity index (χ1v) is 6.92. The van der Waals surface area contributed by atoms with Gasteiger partial charge < -0.3 is 15.5 Å². The molecule has 2 rings (SSSR count). The maximum Gasteiger partial charge on any atom is 0.219 e. The molecular weight excluding hydrogens is 238 g/mol. The van der Waals surface area contributed by atoms with Gasteiger partial charge >= 0.3 is 0 Å². The van der Waals surface area contributed by atoms with E-state index < -0.39 is 0 Å². The van der Waals surface area contributed by atoms with Gasteiger partial charge in [0.25, 0.3) is 0 Å². The normalized spacial score (nSPS) is 16.4. The molecule has 19 heavy (non-hydrogen) atoms. The van der Waals surface area contributed by atoms with Crippen molar-refractivity contribution in [2.75, 3.05) is 31.1 Å². The second kappa shape index (κ2) is 6.06. The van der Waals surface area contributed by atoms with Crippen molar-refractivity contribution >= 4 is 11.6 Å². The van der Waals surface area contributed by atoms with Crippen LogP contribution in [0.5, 0.6) is 0 Å². The van der Waals surface area contributed by atoms with E-state index in [0.717, 1.165) is 32.6 Å². The van der Waals surface area contributed by atoms with Crippen LogP contribution in [-0.4, -0.2) is 37.0 Å². The van der Waals surface area contributed by atoms with Gasteiger partial charge in [0.2, 0.25) is 5.91 Å². The van der Waals surface area contributed by atoms with E-state index in [1.807, 2.05) is 4.90 Å². The number of carbonyl (C=O) groups is 1. The van der Waals surface area contributed by atoms with Crippen LogP contribution in [0.4, 0.5) is 5.69 Å². The minimum atomic E-state index is 0.171. The number of nitrogens with zero attached hydrogens (tertiary/aromatic N) is 2. The smallest absolute Gasteiger partial charge is 0.219 e. The predicted octanol–water partition coefficient (Wildman–Crippen LogP) is 1.51. The fourth-order valence-corrected chi connectivity index (χ4v) is 2.66. The molecule has 2 N–H and O–H groups in total. The van der Waals surface area contributed by atoms with Crippen LogP contribution in [0.25, 0.3) is 0 Å². The van der Waals surface area contributed by atoms with Crippen LogP contribution < -0.4 is 10.6 Å². The maximum atomic E-state index is 11.4. The molecule has 0 atom stereocenters. The lowest BCUT2D eigenvalue weighted by Gasteiger charge is -2.25. The minimum absolute atomic E-state index is 0.171.